The Hall–Kier alpha value is -4.11. The minimum absolute atomic E-state index is 0.146. The number of phenolic OH excluding ortho intramolecular Hbond substituents is 2. The lowest BCUT2D eigenvalue weighted by atomic mass is 9.91. The number of fused-ring (bicyclic) bond motifs is 1. The number of carbonyl (C=O) groups is 1. The molecule has 1 aliphatic rings. The van der Waals surface area contributed by atoms with Gasteiger partial charge >= 0.3 is 0 Å². The van der Waals surface area contributed by atoms with Crippen LogP contribution in [0.5, 0.6) is 11.5 Å². The first-order valence-corrected chi connectivity index (χ1v) is 10.1. The van der Waals surface area contributed by atoms with E-state index in [2.05, 4.69) is 0 Å². The van der Waals surface area contributed by atoms with Crippen molar-refractivity contribution >= 4 is 17.4 Å². The van der Waals surface area contributed by atoms with Crippen molar-refractivity contribution < 1.29 is 15.0 Å². The highest BCUT2D eigenvalue weighted by Crippen LogP contribution is 2.48. The van der Waals surface area contributed by atoms with E-state index in [0.717, 1.165) is 22.3 Å². The van der Waals surface area contributed by atoms with Gasteiger partial charge in [0.25, 0.3) is 0 Å². The summed E-state index contributed by atoms with van der Waals surface area (Å²) in [6.07, 6.45) is 1.82. The molecule has 3 nitrogen and oxygen atoms in total. The highest BCUT2D eigenvalue weighted by atomic mass is 16.3. The van der Waals surface area contributed by atoms with Gasteiger partial charge < -0.3 is 10.2 Å². The molecule has 3 heteroatoms. The normalized spacial score (nSPS) is 12.5. The Morgan fingerprint density at radius 3 is 1.71 bits per heavy atom. The van der Waals surface area contributed by atoms with Crippen LogP contribution in [0.1, 0.15) is 27.0 Å². The van der Waals surface area contributed by atoms with E-state index in [9.17, 15) is 15.0 Å². The maximum Gasteiger partial charge on any atom is 0.194 e. The van der Waals surface area contributed by atoms with Gasteiger partial charge in [-0.2, -0.15) is 0 Å². The number of hydrogen-bond acceptors (Lipinski definition) is 3. The summed E-state index contributed by atoms with van der Waals surface area (Å²) in [5.41, 5.74) is 6.25. The van der Waals surface area contributed by atoms with E-state index in [4.69, 9.17) is 0 Å². The molecule has 0 aromatic heterocycles. The second kappa shape index (κ2) is 7.29. The quantitative estimate of drug-likeness (QED) is 0.384. The number of benzene rings is 4. The summed E-state index contributed by atoms with van der Waals surface area (Å²) in [5.74, 6) is -0.598. The van der Waals surface area contributed by atoms with Crippen LogP contribution in [0.15, 0.2) is 84.9 Å². The highest BCUT2D eigenvalue weighted by molar-refractivity contribution is 6.39. The van der Waals surface area contributed by atoms with Gasteiger partial charge in [-0.15, -0.1) is 0 Å². The second-order valence-corrected chi connectivity index (χ2v) is 7.68. The van der Waals surface area contributed by atoms with E-state index in [1.165, 1.54) is 0 Å². The molecule has 0 heterocycles. The molecule has 2 N–H and O–H groups in total. The molecule has 0 spiro atoms. The minimum atomic E-state index is -0.250. The van der Waals surface area contributed by atoms with Crippen LogP contribution >= 0.6 is 0 Å². The van der Waals surface area contributed by atoms with Crippen LogP contribution in [0.4, 0.5) is 0 Å². The van der Waals surface area contributed by atoms with Gasteiger partial charge in [-0.25, -0.2) is 0 Å². The van der Waals surface area contributed by atoms with Crippen LogP contribution in [0.2, 0.25) is 0 Å². The molecular weight excluding hydrogens is 384 g/mol. The zero-order valence-electron chi connectivity index (χ0n) is 17.0. The van der Waals surface area contributed by atoms with Crippen molar-refractivity contribution in [1.82, 2.24) is 0 Å². The fourth-order valence-corrected chi connectivity index (χ4v) is 4.23. The Balaban J connectivity index is 1.64. The Morgan fingerprint density at radius 1 is 0.581 bits per heavy atom. The molecule has 1 aliphatic carbocycles. The van der Waals surface area contributed by atoms with E-state index in [1.54, 1.807) is 6.92 Å². The monoisotopic (exact) mass is 404 g/mol. The zero-order valence-corrected chi connectivity index (χ0v) is 17.0. The lowest BCUT2D eigenvalue weighted by molar-refractivity contribution is 0.105. The molecule has 150 valence electrons. The van der Waals surface area contributed by atoms with E-state index in [1.807, 2.05) is 91.0 Å². The van der Waals surface area contributed by atoms with Gasteiger partial charge in [0.15, 0.2) is 17.3 Å². The van der Waals surface area contributed by atoms with Crippen molar-refractivity contribution in [2.24, 2.45) is 0 Å². The van der Waals surface area contributed by atoms with Gasteiger partial charge in [0.05, 0.1) is 0 Å². The molecule has 4 aromatic carbocycles. The Bertz CT molecular complexity index is 1330. The largest absolute Gasteiger partial charge is 0.504 e. The van der Waals surface area contributed by atoms with Crippen LogP contribution in [0.25, 0.3) is 33.9 Å². The lowest BCUT2D eigenvalue weighted by Crippen LogP contribution is -2.02. The first kappa shape index (κ1) is 18.9. The number of hydrogen-bond donors (Lipinski definition) is 2. The van der Waals surface area contributed by atoms with Crippen LogP contribution in [-0.2, 0) is 0 Å². The Morgan fingerprint density at radius 2 is 1.10 bits per heavy atom. The summed E-state index contributed by atoms with van der Waals surface area (Å²) >= 11 is 0. The number of ketones is 1. The third-order valence-electron chi connectivity index (χ3n) is 5.86. The molecule has 4 aromatic rings. The summed E-state index contributed by atoms with van der Waals surface area (Å²) in [6, 6.07) is 27.3. The summed E-state index contributed by atoms with van der Waals surface area (Å²) < 4.78 is 0. The standard InChI is InChI=1S/C28H20O3/c1-17-24-23(25(28(31)26(17)29)21-10-6-3-7-11-21)16-22(27(24)30)20-14-12-19(13-15-20)18-8-4-2-5-9-18/h2-16,29,31H,1H3. The van der Waals surface area contributed by atoms with Gasteiger partial charge in [0.2, 0.25) is 0 Å². The molecule has 0 aliphatic heterocycles. The third kappa shape index (κ3) is 3.03. The minimum Gasteiger partial charge on any atom is -0.504 e. The number of carbonyl (C=O) groups excluding carboxylic acids is 1. The molecule has 0 fully saturated rings. The summed E-state index contributed by atoms with van der Waals surface area (Å²) in [5, 5.41) is 21.2. The van der Waals surface area contributed by atoms with Crippen molar-refractivity contribution in [1.29, 1.82) is 0 Å². The second-order valence-electron chi connectivity index (χ2n) is 7.68. The van der Waals surface area contributed by atoms with Crippen LogP contribution in [0, 0.1) is 6.92 Å². The summed E-state index contributed by atoms with van der Waals surface area (Å²) in [4.78, 5) is 13.4. The SMILES string of the molecule is Cc1c(O)c(O)c(-c2ccccc2)c2c1C(=O)C(c1ccc(-c3ccccc3)cc1)=C2. The van der Waals surface area contributed by atoms with Gasteiger partial charge in [-0.05, 0) is 40.8 Å². The summed E-state index contributed by atoms with van der Waals surface area (Å²) in [7, 11) is 0. The molecule has 5 rings (SSSR count). The van der Waals surface area contributed by atoms with Crippen LogP contribution in [-0.4, -0.2) is 16.0 Å². The fraction of sp³-hybridized carbons (Fsp3) is 0.0357. The topological polar surface area (TPSA) is 57.5 Å². The maximum atomic E-state index is 13.4. The number of aromatic hydroxyl groups is 2. The van der Waals surface area contributed by atoms with Crippen molar-refractivity contribution in [2.75, 3.05) is 0 Å². The number of Topliss-reactive ketones (excluding diaryl/α,β-unsaturated/α-hetero) is 1. The van der Waals surface area contributed by atoms with Gasteiger partial charge in [0, 0.05) is 22.3 Å². The summed E-state index contributed by atoms with van der Waals surface area (Å²) in [6.45, 7) is 1.66. The molecular formula is C28H20O3. The first-order chi connectivity index (χ1) is 15.1. The van der Waals surface area contributed by atoms with E-state index in [-0.39, 0.29) is 17.3 Å². The molecule has 31 heavy (non-hydrogen) atoms. The van der Waals surface area contributed by atoms with Gasteiger partial charge in [-0.1, -0.05) is 84.9 Å². The predicted octanol–water partition coefficient (Wildman–Crippen LogP) is 6.48. The number of allylic oxidation sites excluding steroid dienone is 1. The zero-order chi connectivity index (χ0) is 21.5. The maximum absolute atomic E-state index is 13.4. The fourth-order valence-electron chi connectivity index (χ4n) is 4.23. The molecule has 0 atom stereocenters. The molecule has 0 bridgehead atoms. The molecule has 0 saturated carbocycles. The average Bonchev–Trinajstić information content (AvgIpc) is 3.16. The van der Waals surface area contributed by atoms with Crippen LogP contribution in [0.3, 0.4) is 0 Å². The van der Waals surface area contributed by atoms with Crippen LogP contribution < -0.4 is 0 Å². The number of rotatable bonds is 3. The molecule has 0 unspecified atom stereocenters. The Labute approximate surface area is 180 Å². The third-order valence-corrected chi connectivity index (χ3v) is 5.86. The molecule has 0 amide bonds. The van der Waals surface area contributed by atoms with E-state index >= 15 is 0 Å². The molecule has 0 saturated heterocycles. The number of phenols is 2. The smallest absolute Gasteiger partial charge is 0.194 e. The van der Waals surface area contributed by atoms with Gasteiger partial charge in [0.1, 0.15) is 0 Å². The predicted molar refractivity (Wildman–Crippen MR) is 124 cm³/mol. The van der Waals surface area contributed by atoms with Crippen molar-refractivity contribution in [3.05, 3.63) is 107 Å². The first-order valence-electron chi connectivity index (χ1n) is 10.1. The Kier molecular flexibility index (Phi) is 4.45. The average molecular weight is 404 g/mol. The van der Waals surface area contributed by atoms with Crippen molar-refractivity contribution in [2.45, 2.75) is 6.92 Å². The van der Waals surface area contributed by atoms with E-state index < -0.39 is 0 Å². The highest BCUT2D eigenvalue weighted by Gasteiger charge is 2.32. The lowest BCUT2D eigenvalue weighted by Gasteiger charge is -2.14. The molecule has 0 radical (unpaired) electrons. The van der Waals surface area contributed by atoms with E-state index in [0.29, 0.717) is 27.8 Å². The van der Waals surface area contributed by atoms with Crippen molar-refractivity contribution in [3.8, 4) is 33.8 Å². The van der Waals surface area contributed by atoms with Gasteiger partial charge in [-0.3, -0.25) is 4.79 Å². The van der Waals surface area contributed by atoms with Crippen molar-refractivity contribution in [3.63, 3.8) is 0 Å².